The summed E-state index contributed by atoms with van der Waals surface area (Å²) in [6.45, 7) is 6.20. The first kappa shape index (κ1) is 15.1. The van der Waals surface area contributed by atoms with Crippen LogP contribution in [0.15, 0.2) is 0 Å². The minimum absolute atomic E-state index is 0.133. The van der Waals surface area contributed by atoms with E-state index in [1.807, 2.05) is 20.8 Å². The number of carbonyl (C=O) groups excluding carboxylic acids is 2. The summed E-state index contributed by atoms with van der Waals surface area (Å²) in [5, 5.41) is 2.89. The lowest BCUT2D eigenvalue weighted by molar-refractivity contribution is -0.136. The molecule has 5 heteroatoms. The number of rotatable bonds is 3. The second-order valence-corrected chi connectivity index (χ2v) is 7.50. The number of hydrogen-bond acceptors (Lipinski definition) is 3. The standard InChI is InChI=1S/C15H26N2O3/c1-13(2,3)20-12(19)17-10-14-4-7-15(8-5-14,9-6-14)11(16)18/h4-10H2,1-3H3,(H2,16,18)(H,17,19). The van der Waals surface area contributed by atoms with Crippen molar-refractivity contribution in [2.75, 3.05) is 6.54 Å². The van der Waals surface area contributed by atoms with E-state index in [9.17, 15) is 9.59 Å². The summed E-state index contributed by atoms with van der Waals surface area (Å²) in [6.07, 6.45) is 5.11. The molecule has 5 nitrogen and oxygen atoms in total. The van der Waals surface area contributed by atoms with Crippen molar-refractivity contribution in [3.05, 3.63) is 0 Å². The van der Waals surface area contributed by atoms with E-state index < -0.39 is 5.60 Å². The first-order chi connectivity index (χ1) is 9.17. The lowest BCUT2D eigenvalue weighted by Gasteiger charge is -2.52. The van der Waals surface area contributed by atoms with Crippen LogP contribution in [-0.4, -0.2) is 24.1 Å². The van der Waals surface area contributed by atoms with Crippen LogP contribution in [0.5, 0.6) is 0 Å². The average molecular weight is 282 g/mol. The highest BCUT2D eigenvalue weighted by molar-refractivity contribution is 5.81. The van der Waals surface area contributed by atoms with Crippen LogP contribution >= 0.6 is 0 Å². The van der Waals surface area contributed by atoms with Crippen molar-refractivity contribution in [2.24, 2.45) is 16.6 Å². The van der Waals surface area contributed by atoms with Gasteiger partial charge in [0.2, 0.25) is 5.91 Å². The number of fused-ring (bicyclic) bond motifs is 3. The molecule has 3 aliphatic rings. The van der Waals surface area contributed by atoms with Crippen molar-refractivity contribution in [3.63, 3.8) is 0 Å². The molecule has 2 amide bonds. The molecule has 0 aromatic heterocycles. The Labute approximate surface area is 120 Å². The molecule has 0 spiro atoms. The Bertz CT molecular complexity index is 387. The number of ether oxygens (including phenoxy) is 1. The summed E-state index contributed by atoms with van der Waals surface area (Å²) >= 11 is 0. The van der Waals surface area contributed by atoms with E-state index in [1.54, 1.807) is 0 Å². The van der Waals surface area contributed by atoms with E-state index in [1.165, 1.54) is 0 Å². The molecule has 20 heavy (non-hydrogen) atoms. The van der Waals surface area contributed by atoms with Gasteiger partial charge in [-0.15, -0.1) is 0 Å². The van der Waals surface area contributed by atoms with Gasteiger partial charge in [-0.25, -0.2) is 4.79 Å². The van der Waals surface area contributed by atoms with Crippen LogP contribution in [0.25, 0.3) is 0 Å². The molecule has 3 fully saturated rings. The topological polar surface area (TPSA) is 81.4 Å². The molecular formula is C15H26N2O3. The first-order valence-electron chi connectivity index (χ1n) is 7.43. The van der Waals surface area contributed by atoms with E-state index >= 15 is 0 Å². The zero-order valence-corrected chi connectivity index (χ0v) is 12.8. The fourth-order valence-corrected chi connectivity index (χ4v) is 3.47. The number of amides is 2. The van der Waals surface area contributed by atoms with Gasteiger partial charge in [-0.1, -0.05) is 0 Å². The fraction of sp³-hybridized carbons (Fsp3) is 0.867. The van der Waals surface area contributed by atoms with E-state index in [-0.39, 0.29) is 22.8 Å². The molecule has 3 saturated carbocycles. The molecule has 114 valence electrons. The Kier molecular flexibility index (Phi) is 3.73. The number of alkyl carbamates (subject to hydrolysis) is 1. The van der Waals surface area contributed by atoms with Gasteiger partial charge >= 0.3 is 6.09 Å². The fourth-order valence-electron chi connectivity index (χ4n) is 3.47. The maximum absolute atomic E-state index is 11.7. The van der Waals surface area contributed by atoms with Crippen LogP contribution in [-0.2, 0) is 9.53 Å². The predicted octanol–water partition coefficient (Wildman–Crippen LogP) is 2.34. The Hall–Kier alpha value is -1.26. The third kappa shape index (κ3) is 3.07. The van der Waals surface area contributed by atoms with Crippen molar-refractivity contribution < 1.29 is 14.3 Å². The summed E-state index contributed by atoms with van der Waals surface area (Å²) < 4.78 is 5.26. The van der Waals surface area contributed by atoms with Crippen molar-refractivity contribution in [3.8, 4) is 0 Å². The third-order valence-corrected chi connectivity index (χ3v) is 4.93. The molecule has 0 aromatic carbocycles. The molecule has 0 unspecified atom stereocenters. The minimum atomic E-state index is -0.470. The van der Waals surface area contributed by atoms with E-state index in [0.29, 0.717) is 6.54 Å². The molecule has 0 atom stereocenters. The van der Waals surface area contributed by atoms with Crippen LogP contribution in [0.1, 0.15) is 59.3 Å². The molecular weight excluding hydrogens is 256 g/mol. The largest absolute Gasteiger partial charge is 0.444 e. The third-order valence-electron chi connectivity index (χ3n) is 4.93. The average Bonchev–Trinajstić information content (AvgIpc) is 2.37. The normalized spacial score (nSPS) is 32.8. The highest BCUT2D eigenvalue weighted by atomic mass is 16.6. The molecule has 0 aromatic rings. The lowest BCUT2D eigenvalue weighted by atomic mass is 9.53. The number of carbonyl (C=O) groups is 2. The van der Waals surface area contributed by atoms with Gasteiger partial charge in [0.1, 0.15) is 5.60 Å². The number of nitrogens with two attached hydrogens (primary N) is 1. The van der Waals surface area contributed by atoms with Gasteiger partial charge in [0.25, 0.3) is 0 Å². The Morgan fingerprint density at radius 1 is 1.10 bits per heavy atom. The molecule has 3 N–H and O–H groups in total. The highest BCUT2D eigenvalue weighted by Gasteiger charge is 2.51. The number of primary amides is 1. The molecule has 3 rings (SSSR count). The molecule has 0 heterocycles. The molecule has 3 aliphatic carbocycles. The molecule has 0 saturated heterocycles. The van der Waals surface area contributed by atoms with Crippen molar-refractivity contribution >= 4 is 12.0 Å². The minimum Gasteiger partial charge on any atom is -0.444 e. The first-order valence-corrected chi connectivity index (χ1v) is 7.43. The predicted molar refractivity (Wildman–Crippen MR) is 76.0 cm³/mol. The Morgan fingerprint density at radius 3 is 2.00 bits per heavy atom. The van der Waals surface area contributed by atoms with Crippen LogP contribution in [0.2, 0.25) is 0 Å². The van der Waals surface area contributed by atoms with Crippen LogP contribution in [0.4, 0.5) is 4.79 Å². The second kappa shape index (κ2) is 4.93. The maximum Gasteiger partial charge on any atom is 0.407 e. The highest BCUT2D eigenvalue weighted by Crippen LogP contribution is 2.56. The lowest BCUT2D eigenvalue weighted by Crippen LogP contribution is -2.52. The van der Waals surface area contributed by atoms with Gasteiger partial charge in [0.05, 0.1) is 0 Å². The van der Waals surface area contributed by atoms with Crippen LogP contribution in [0, 0.1) is 10.8 Å². The zero-order chi connectivity index (χ0) is 15.0. The van der Waals surface area contributed by atoms with Gasteiger partial charge in [0.15, 0.2) is 0 Å². The summed E-state index contributed by atoms with van der Waals surface area (Å²) in [7, 11) is 0. The molecule has 0 aliphatic heterocycles. The van der Waals surface area contributed by atoms with Crippen LogP contribution in [0.3, 0.4) is 0 Å². The van der Waals surface area contributed by atoms with Gasteiger partial charge in [0, 0.05) is 12.0 Å². The van der Waals surface area contributed by atoms with Crippen molar-refractivity contribution in [1.29, 1.82) is 0 Å². The maximum atomic E-state index is 11.7. The van der Waals surface area contributed by atoms with E-state index in [4.69, 9.17) is 10.5 Å². The quantitative estimate of drug-likeness (QED) is 0.833. The van der Waals surface area contributed by atoms with Crippen molar-refractivity contribution in [2.45, 2.75) is 64.9 Å². The second-order valence-electron chi connectivity index (χ2n) is 7.50. The number of hydrogen-bond donors (Lipinski definition) is 2. The number of nitrogens with one attached hydrogen (secondary N) is 1. The Morgan fingerprint density at radius 2 is 1.60 bits per heavy atom. The molecule has 0 radical (unpaired) electrons. The summed E-state index contributed by atoms with van der Waals surface area (Å²) in [4.78, 5) is 23.3. The van der Waals surface area contributed by atoms with Gasteiger partial charge in [-0.3, -0.25) is 4.79 Å². The summed E-state index contributed by atoms with van der Waals surface area (Å²) in [5.41, 5.74) is 4.94. The van der Waals surface area contributed by atoms with Gasteiger partial charge < -0.3 is 15.8 Å². The van der Waals surface area contributed by atoms with Gasteiger partial charge in [-0.05, 0) is 64.7 Å². The zero-order valence-electron chi connectivity index (χ0n) is 12.8. The molecule has 2 bridgehead atoms. The Balaban J connectivity index is 1.87. The van der Waals surface area contributed by atoms with Crippen molar-refractivity contribution in [1.82, 2.24) is 5.32 Å². The summed E-state index contributed by atoms with van der Waals surface area (Å²) in [6, 6.07) is 0. The van der Waals surface area contributed by atoms with Crippen LogP contribution < -0.4 is 11.1 Å². The van der Waals surface area contributed by atoms with Gasteiger partial charge in [-0.2, -0.15) is 0 Å². The van der Waals surface area contributed by atoms with E-state index in [0.717, 1.165) is 38.5 Å². The smallest absolute Gasteiger partial charge is 0.407 e. The monoisotopic (exact) mass is 282 g/mol. The SMILES string of the molecule is CC(C)(C)OC(=O)NCC12CCC(C(N)=O)(CC1)CC2. The van der Waals surface area contributed by atoms with E-state index in [2.05, 4.69) is 5.32 Å². The summed E-state index contributed by atoms with van der Waals surface area (Å²) in [5.74, 6) is -0.147.